The highest BCUT2D eigenvalue weighted by molar-refractivity contribution is 6.10. The maximum absolute atomic E-state index is 14.2. The molecule has 0 fully saturated rings. The van der Waals surface area contributed by atoms with E-state index >= 15 is 0 Å². The van der Waals surface area contributed by atoms with Gasteiger partial charge in [-0.2, -0.15) is 0 Å². The van der Waals surface area contributed by atoms with Crippen LogP contribution in [0.5, 0.6) is 0 Å². The van der Waals surface area contributed by atoms with Crippen molar-refractivity contribution in [1.29, 1.82) is 0 Å². The van der Waals surface area contributed by atoms with Crippen molar-refractivity contribution in [1.82, 2.24) is 4.98 Å². The first-order valence-corrected chi connectivity index (χ1v) is 9.78. The lowest BCUT2D eigenvalue weighted by Gasteiger charge is -2.07. The molecule has 0 saturated heterocycles. The third-order valence-electron chi connectivity index (χ3n) is 5.41. The average molecular weight is 381 g/mol. The van der Waals surface area contributed by atoms with Crippen molar-refractivity contribution in [3.8, 4) is 22.4 Å². The highest BCUT2D eigenvalue weighted by atomic mass is 19.1. The fourth-order valence-electron chi connectivity index (χ4n) is 3.82. The number of para-hydroxylation sites is 1. The van der Waals surface area contributed by atoms with E-state index in [4.69, 9.17) is 4.42 Å². The van der Waals surface area contributed by atoms with E-state index in [9.17, 15) is 4.39 Å². The molecule has 0 atom stereocenters. The average Bonchev–Trinajstić information content (AvgIpc) is 3.12. The number of hydrogen-bond donors (Lipinski definition) is 0. The predicted octanol–water partition coefficient (Wildman–Crippen LogP) is 7.58. The van der Waals surface area contributed by atoms with Gasteiger partial charge in [-0.15, -0.1) is 0 Å². The zero-order chi connectivity index (χ0) is 20.0. The van der Waals surface area contributed by atoms with Gasteiger partial charge in [0.1, 0.15) is 17.0 Å². The van der Waals surface area contributed by atoms with Crippen LogP contribution in [0.4, 0.5) is 4.39 Å². The lowest BCUT2D eigenvalue weighted by Crippen LogP contribution is -1.90. The highest BCUT2D eigenvalue weighted by Crippen LogP contribution is 2.37. The third-order valence-corrected chi connectivity index (χ3v) is 5.41. The van der Waals surface area contributed by atoms with Crippen LogP contribution in [0, 0.1) is 5.82 Å². The van der Waals surface area contributed by atoms with Gasteiger partial charge in [0.2, 0.25) is 0 Å². The van der Waals surface area contributed by atoms with E-state index in [1.54, 1.807) is 12.1 Å². The van der Waals surface area contributed by atoms with Gasteiger partial charge in [-0.25, -0.2) is 4.39 Å². The molecule has 29 heavy (non-hydrogen) atoms. The van der Waals surface area contributed by atoms with Crippen molar-refractivity contribution in [3.05, 3.63) is 90.4 Å². The minimum atomic E-state index is -0.238. The summed E-state index contributed by atoms with van der Waals surface area (Å²) in [6, 6.07) is 23.0. The standard InChI is InChI=1S/C26H20FNO/c1-16(2)17-12-13-28-24(14-17)22-8-5-7-21-20-11-10-18(15-25(20)29-26(21)22)19-6-3-4-9-23(19)27/h3-16H,1-2H3. The molecule has 0 aliphatic heterocycles. The number of halogens is 1. The van der Waals surface area contributed by atoms with E-state index in [-0.39, 0.29) is 5.82 Å². The number of furan rings is 1. The smallest absolute Gasteiger partial charge is 0.144 e. The van der Waals surface area contributed by atoms with Gasteiger partial charge in [0.15, 0.2) is 0 Å². The molecule has 0 amide bonds. The molecule has 0 spiro atoms. The number of pyridine rings is 1. The minimum Gasteiger partial charge on any atom is -0.455 e. The van der Waals surface area contributed by atoms with Gasteiger partial charge in [0, 0.05) is 28.1 Å². The molecule has 0 radical (unpaired) electrons. The van der Waals surface area contributed by atoms with Gasteiger partial charge in [-0.1, -0.05) is 50.2 Å². The number of benzene rings is 3. The number of nitrogens with zero attached hydrogens (tertiary/aromatic N) is 1. The summed E-state index contributed by atoms with van der Waals surface area (Å²) in [5, 5.41) is 2.05. The first-order valence-electron chi connectivity index (χ1n) is 9.78. The Labute approximate surface area is 168 Å². The zero-order valence-electron chi connectivity index (χ0n) is 16.3. The first kappa shape index (κ1) is 17.6. The lowest BCUT2D eigenvalue weighted by atomic mass is 10.00. The summed E-state index contributed by atoms with van der Waals surface area (Å²) in [7, 11) is 0. The molecule has 2 heterocycles. The molecule has 3 heteroatoms. The van der Waals surface area contributed by atoms with Crippen LogP contribution in [0.3, 0.4) is 0 Å². The fraction of sp³-hybridized carbons (Fsp3) is 0.115. The molecule has 0 unspecified atom stereocenters. The molecule has 0 aliphatic rings. The molecule has 0 bridgehead atoms. The summed E-state index contributed by atoms with van der Waals surface area (Å²) in [6.45, 7) is 4.34. The number of aromatic nitrogens is 1. The van der Waals surface area contributed by atoms with Crippen molar-refractivity contribution < 1.29 is 8.81 Å². The van der Waals surface area contributed by atoms with E-state index in [2.05, 4.69) is 31.0 Å². The first-order chi connectivity index (χ1) is 14.1. The molecular formula is C26H20FNO. The van der Waals surface area contributed by atoms with Crippen LogP contribution in [-0.4, -0.2) is 4.98 Å². The normalized spacial score (nSPS) is 11.6. The second kappa shape index (κ2) is 6.85. The number of hydrogen-bond acceptors (Lipinski definition) is 2. The molecule has 0 N–H and O–H groups in total. The second-order valence-corrected chi connectivity index (χ2v) is 7.60. The van der Waals surface area contributed by atoms with Crippen LogP contribution in [0.15, 0.2) is 83.4 Å². The van der Waals surface area contributed by atoms with Gasteiger partial charge in [-0.05, 0) is 53.4 Å². The summed E-state index contributed by atoms with van der Waals surface area (Å²) in [6.07, 6.45) is 1.85. The Balaban J connectivity index is 1.71. The van der Waals surface area contributed by atoms with Crippen LogP contribution in [0.1, 0.15) is 25.3 Å². The number of rotatable bonds is 3. The van der Waals surface area contributed by atoms with Crippen LogP contribution in [0.25, 0.3) is 44.3 Å². The Bertz CT molecular complexity index is 1350. The molecule has 0 saturated carbocycles. The van der Waals surface area contributed by atoms with Crippen molar-refractivity contribution in [3.63, 3.8) is 0 Å². The topological polar surface area (TPSA) is 26.0 Å². The van der Waals surface area contributed by atoms with Crippen LogP contribution in [0.2, 0.25) is 0 Å². The van der Waals surface area contributed by atoms with Crippen LogP contribution < -0.4 is 0 Å². The summed E-state index contributed by atoms with van der Waals surface area (Å²) in [5.74, 6) is 0.188. The molecule has 0 aliphatic carbocycles. The molecule has 5 aromatic rings. The molecular weight excluding hydrogens is 361 g/mol. The molecule has 142 valence electrons. The lowest BCUT2D eigenvalue weighted by molar-refractivity contribution is 0.631. The van der Waals surface area contributed by atoms with Crippen LogP contribution >= 0.6 is 0 Å². The van der Waals surface area contributed by atoms with Gasteiger partial charge in [-0.3, -0.25) is 4.98 Å². The minimum absolute atomic E-state index is 0.238. The van der Waals surface area contributed by atoms with E-state index in [1.807, 2.05) is 48.7 Å². The molecule has 5 rings (SSSR count). The fourth-order valence-corrected chi connectivity index (χ4v) is 3.82. The summed E-state index contributed by atoms with van der Waals surface area (Å²) < 4.78 is 20.5. The Morgan fingerprint density at radius 3 is 2.48 bits per heavy atom. The maximum Gasteiger partial charge on any atom is 0.144 e. The monoisotopic (exact) mass is 381 g/mol. The van der Waals surface area contributed by atoms with Crippen molar-refractivity contribution in [2.24, 2.45) is 0 Å². The zero-order valence-corrected chi connectivity index (χ0v) is 16.3. The Kier molecular flexibility index (Phi) is 4.17. The quantitative estimate of drug-likeness (QED) is 0.322. The second-order valence-electron chi connectivity index (χ2n) is 7.60. The van der Waals surface area contributed by atoms with Gasteiger partial charge in [0.25, 0.3) is 0 Å². The summed E-state index contributed by atoms with van der Waals surface area (Å²) in [4.78, 5) is 4.58. The summed E-state index contributed by atoms with van der Waals surface area (Å²) in [5.41, 5.74) is 6.03. The Morgan fingerprint density at radius 1 is 0.828 bits per heavy atom. The predicted molar refractivity (Wildman–Crippen MR) is 116 cm³/mol. The van der Waals surface area contributed by atoms with E-state index in [0.717, 1.165) is 38.8 Å². The van der Waals surface area contributed by atoms with Crippen LogP contribution in [-0.2, 0) is 0 Å². The van der Waals surface area contributed by atoms with Gasteiger partial charge in [0.05, 0.1) is 5.69 Å². The van der Waals surface area contributed by atoms with Crippen molar-refractivity contribution in [2.45, 2.75) is 19.8 Å². The Hall–Kier alpha value is -3.46. The number of fused-ring (bicyclic) bond motifs is 3. The largest absolute Gasteiger partial charge is 0.455 e. The highest BCUT2D eigenvalue weighted by Gasteiger charge is 2.15. The van der Waals surface area contributed by atoms with Crippen molar-refractivity contribution >= 4 is 21.9 Å². The van der Waals surface area contributed by atoms with Gasteiger partial charge < -0.3 is 4.42 Å². The van der Waals surface area contributed by atoms with Gasteiger partial charge >= 0.3 is 0 Å². The van der Waals surface area contributed by atoms with E-state index in [0.29, 0.717) is 11.5 Å². The van der Waals surface area contributed by atoms with Crippen molar-refractivity contribution in [2.75, 3.05) is 0 Å². The van der Waals surface area contributed by atoms with E-state index < -0.39 is 0 Å². The maximum atomic E-state index is 14.2. The Morgan fingerprint density at radius 2 is 1.66 bits per heavy atom. The SMILES string of the molecule is CC(C)c1ccnc(-c2cccc3c2oc2cc(-c4ccccc4F)ccc23)c1. The summed E-state index contributed by atoms with van der Waals surface area (Å²) >= 11 is 0. The molecule has 2 aromatic heterocycles. The molecule has 2 nitrogen and oxygen atoms in total. The van der Waals surface area contributed by atoms with E-state index in [1.165, 1.54) is 11.6 Å². The molecule has 3 aromatic carbocycles. The third kappa shape index (κ3) is 2.99.